The molecule has 0 atom stereocenters. The number of fused-ring (bicyclic) bond motifs is 1. The first-order chi connectivity index (χ1) is 9.69. The zero-order chi connectivity index (χ0) is 14.1. The number of nitrogens with zero attached hydrogens (tertiary/aromatic N) is 3. The van der Waals surface area contributed by atoms with E-state index in [2.05, 4.69) is 50.4 Å². The molecule has 0 unspecified atom stereocenters. The lowest BCUT2D eigenvalue weighted by molar-refractivity contribution is 1.04. The van der Waals surface area contributed by atoms with E-state index < -0.39 is 0 Å². The van der Waals surface area contributed by atoms with Crippen LogP contribution in [-0.4, -0.2) is 28.3 Å². The number of H-pyrrole nitrogens is 1. The Bertz CT molecular complexity index is 733. The van der Waals surface area contributed by atoms with Crippen LogP contribution in [0.15, 0.2) is 41.4 Å². The predicted octanol–water partition coefficient (Wildman–Crippen LogP) is 3.76. The van der Waals surface area contributed by atoms with Crippen molar-refractivity contribution in [1.29, 1.82) is 0 Å². The molecule has 1 aromatic carbocycles. The van der Waals surface area contributed by atoms with Crippen LogP contribution in [-0.2, 0) is 0 Å². The molecular weight excluding hydrogens is 268 g/mol. The number of thioether (sulfide) groups is 1. The SMILES string of the molecule is CSc1ccc(N(C)c2nc(C)nc3[nH]ccc23)cc1. The van der Waals surface area contributed by atoms with Crippen LogP contribution in [0.2, 0.25) is 0 Å². The first-order valence-corrected chi connectivity index (χ1v) is 7.61. The van der Waals surface area contributed by atoms with Gasteiger partial charge in [0.05, 0.1) is 5.39 Å². The van der Waals surface area contributed by atoms with Gasteiger partial charge in [-0.25, -0.2) is 9.97 Å². The van der Waals surface area contributed by atoms with Gasteiger partial charge in [-0.2, -0.15) is 0 Å². The molecule has 2 aromatic heterocycles. The van der Waals surface area contributed by atoms with E-state index in [0.717, 1.165) is 28.4 Å². The maximum absolute atomic E-state index is 4.58. The van der Waals surface area contributed by atoms with E-state index in [1.807, 2.05) is 26.2 Å². The molecule has 3 rings (SSSR count). The number of hydrogen-bond donors (Lipinski definition) is 1. The van der Waals surface area contributed by atoms with Crippen LogP contribution in [0.25, 0.3) is 11.0 Å². The Balaban J connectivity index is 2.06. The number of hydrogen-bond acceptors (Lipinski definition) is 4. The fourth-order valence-corrected chi connectivity index (χ4v) is 2.63. The smallest absolute Gasteiger partial charge is 0.146 e. The fourth-order valence-electron chi connectivity index (χ4n) is 2.22. The first-order valence-electron chi connectivity index (χ1n) is 6.38. The molecule has 0 fully saturated rings. The zero-order valence-corrected chi connectivity index (χ0v) is 12.5. The summed E-state index contributed by atoms with van der Waals surface area (Å²) in [6.07, 6.45) is 3.97. The highest BCUT2D eigenvalue weighted by atomic mass is 32.2. The molecule has 0 aliphatic rings. The molecule has 0 saturated carbocycles. The van der Waals surface area contributed by atoms with Gasteiger partial charge in [0.2, 0.25) is 0 Å². The van der Waals surface area contributed by atoms with Crippen molar-refractivity contribution in [2.75, 3.05) is 18.2 Å². The number of rotatable bonds is 3. The Hall–Kier alpha value is -2.01. The molecule has 3 aromatic rings. The lowest BCUT2D eigenvalue weighted by Crippen LogP contribution is -2.12. The van der Waals surface area contributed by atoms with Gasteiger partial charge in [-0.3, -0.25) is 0 Å². The second-order valence-corrected chi connectivity index (χ2v) is 5.47. The standard InChI is InChI=1S/C15H16N4S/c1-10-17-14-13(8-9-16-14)15(18-10)19(2)11-4-6-12(20-3)7-5-11/h4-9H,1-3H3,(H,16,17,18). The average Bonchev–Trinajstić information content (AvgIpc) is 2.94. The summed E-state index contributed by atoms with van der Waals surface area (Å²) in [5.74, 6) is 1.69. The molecule has 2 heterocycles. The molecule has 0 saturated heterocycles. The molecule has 5 heteroatoms. The van der Waals surface area contributed by atoms with Crippen molar-refractivity contribution in [2.45, 2.75) is 11.8 Å². The number of aromatic amines is 1. The van der Waals surface area contributed by atoms with Crippen LogP contribution in [0.5, 0.6) is 0 Å². The number of anilines is 2. The molecule has 0 radical (unpaired) electrons. The third-order valence-corrected chi connectivity index (χ3v) is 4.03. The molecular formula is C15H16N4S. The van der Waals surface area contributed by atoms with Gasteiger partial charge in [-0.05, 0) is 43.5 Å². The minimum Gasteiger partial charge on any atom is -0.346 e. The van der Waals surface area contributed by atoms with E-state index in [9.17, 15) is 0 Å². The van der Waals surface area contributed by atoms with Crippen molar-refractivity contribution >= 4 is 34.3 Å². The first kappa shape index (κ1) is 13.0. The van der Waals surface area contributed by atoms with E-state index in [4.69, 9.17) is 0 Å². The Labute approximate surface area is 122 Å². The van der Waals surface area contributed by atoms with Crippen molar-refractivity contribution in [1.82, 2.24) is 15.0 Å². The van der Waals surface area contributed by atoms with Gasteiger partial charge in [0.1, 0.15) is 17.3 Å². The van der Waals surface area contributed by atoms with Gasteiger partial charge in [0.25, 0.3) is 0 Å². The Morgan fingerprint density at radius 2 is 1.85 bits per heavy atom. The summed E-state index contributed by atoms with van der Waals surface area (Å²) in [6.45, 7) is 1.91. The van der Waals surface area contributed by atoms with Gasteiger partial charge < -0.3 is 9.88 Å². The van der Waals surface area contributed by atoms with Crippen molar-refractivity contribution in [2.24, 2.45) is 0 Å². The predicted molar refractivity (Wildman–Crippen MR) is 84.9 cm³/mol. The number of aryl methyl sites for hydroxylation is 1. The van der Waals surface area contributed by atoms with E-state index in [1.165, 1.54) is 4.90 Å². The largest absolute Gasteiger partial charge is 0.346 e. The van der Waals surface area contributed by atoms with E-state index >= 15 is 0 Å². The molecule has 0 spiro atoms. The average molecular weight is 284 g/mol. The van der Waals surface area contributed by atoms with Gasteiger partial charge >= 0.3 is 0 Å². The quantitative estimate of drug-likeness (QED) is 0.744. The lowest BCUT2D eigenvalue weighted by atomic mass is 10.2. The van der Waals surface area contributed by atoms with Crippen LogP contribution in [0.3, 0.4) is 0 Å². The third kappa shape index (κ3) is 2.25. The van der Waals surface area contributed by atoms with Gasteiger partial charge in [-0.15, -0.1) is 11.8 Å². The molecule has 1 N–H and O–H groups in total. The van der Waals surface area contributed by atoms with Crippen molar-refractivity contribution < 1.29 is 0 Å². The minimum absolute atomic E-state index is 0.766. The van der Waals surface area contributed by atoms with Gasteiger partial charge in [-0.1, -0.05) is 0 Å². The molecule has 20 heavy (non-hydrogen) atoms. The fraction of sp³-hybridized carbons (Fsp3) is 0.200. The maximum Gasteiger partial charge on any atom is 0.146 e. The van der Waals surface area contributed by atoms with Crippen molar-refractivity contribution in [3.8, 4) is 0 Å². The monoisotopic (exact) mass is 284 g/mol. The number of nitrogens with one attached hydrogen (secondary N) is 1. The second-order valence-electron chi connectivity index (χ2n) is 4.59. The Morgan fingerprint density at radius 1 is 1.10 bits per heavy atom. The topological polar surface area (TPSA) is 44.8 Å². The van der Waals surface area contributed by atoms with Crippen LogP contribution in [0, 0.1) is 6.92 Å². The normalized spacial score (nSPS) is 10.9. The third-order valence-electron chi connectivity index (χ3n) is 3.28. The Kier molecular flexibility index (Phi) is 3.36. The number of benzene rings is 1. The molecule has 0 bridgehead atoms. The highest BCUT2D eigenvalue weighted by Gasteiger charge is 2.12. The summed E-state index contributed by atoms with van der Waals surface area (Å²) < 4.78 is 0. The molecule has 0 aliphatic carbocycles. The summed E-state index contributed by atoms with van der Waals surface area (Å²) in [4.78, 5) is 15.5. The minimum atomic E-state index is 0.766. The summed E-state index contributed by atoms with van der Waals surface area (Å²) >= 11 is 1.74. The molecule has 0 aliphatic heterocycles. The molecule has 4 nitrogen and oxygen atoms in total. The second kappa shape index (κ2) is 5.17. The Morgan fingerprint density at radius 3 is 2.55 bits per heavy atom. The highest BCUT2D eigenvalue weighted by Crippen LogP contribution is 2.29. The van der Waals surface area contributed by atoms with Crippen LogP contribution in [0.1, 0.15) is 5.82 Å². The summed E-state index contributed by atoms with van der Waals surface area (Å²) in [7, 11) is 2.03. The van der Waals surface area contributed by atoms with E-state index in [-0.39, 0.29) is 0 Å². The van der Waals surface area contributed by atoms with Crippen LogP contribution in [0.4, 0.5) is 11.5 Å². The highest BCUT2D eigenvalue weighted by molar-refractivity contribution is 7.98. The van der Waals surface area contributed by atoms with Crippen molar-refractivity contribution in [3.05, 3.63) is 42.4 Å². The summed E-state index contributed by atoms with van der Waals surface area (Å²) in [5.41, 5.74) is 1.99. The zero-order valence-electron chi connectivity index (χ0n) is 11.7. The van der Waals surface area contributed by atoms with E-state index in [1.54, 1.807) is 11.8 Å². The van der Waals surface area contributed by atoms with Gasteiger partial charge in [0.15, 0.2) is 0 Å². The summed E-state index contributed by atoms with van der Waals surface area (Å²) in [5, 5.41) is 1.03. The van der Waals surface area contributed by atoms with Crippen LogP contribution < -0.4 is 4.90 Å². The number of aromatic nitrogens is 3. The lowest BCUT2D eigenvalue weighted by Gasteiger charge is -2.19. The van der Waals surface area contributed by atoms with Crippen LogP contribution >= 0.6 is 11.8 Å². The van der Waals surface area contributed by atoms with Gasteiger partial charge in [0, 0.05) is 23.8 Å². The maximum atomic E-state index is 4.58. The van der Waals surface area contributed by atoms with E-state index in [0.29, 0.717) is 0 Å². The van der Waals surface area contributed by atoms with Crippen molar-refractivity contribution in [3.63, 3.8) is 0 Å². The molecule has 102 valence electrons. The molecule has 0 amide bonds. The summed E-state index contributed by atoms with van der Waals surface area (Å²) in [6, 6.07) is 10.5.